The summed E-state index contributed by atoms with van der Waals surface area (Å²) in [6.07, 6.45) is 1.44. The van der Waals surface area contributed by atoms with E-state index in [1.165, 1.54) is 16.1 Å². The Bertz CT molecular complexity index is 631. The van der Waals surface area contributed by atoms with Crippen LogP contribution >= 0.6 is 23.9 Å². The van der Waals surface area contributed by atoms with Gasteiger partial charge in [-0.3, -0.25) is 9.63 Å². The number of rotatable bonds is 11. The SMILES string of the molecule is CCOC(=O)CCN(CCOc1ccccc1)SN(C)C(=O)ON=C(C)SC. The van der Waals surface area contributed by atoms with Crippen LogP contribution in [0.25, 0.3) is 0 Å². The average Bonchev–Trinajstić information content (AvgIpc) is 2.70. The quantitative estimate of drug-likeness (QED) is 0.132. The van der Waals surface area contributed by atoms with Crippen molar-refractivity contribution in [3.8, 4) is 5.75 Å². The van der Waals surface area contributed by atoms with Crippen molar-refractivity contribution in [3.63, 3.8) is 0 Å². The van der Waals surface area contributed by atoms with E-state index < -0.39 is 6.09 Å². The van der Waals surface area contributed by atoms with Crippen LogP contribution in [-0.4, -0.2) is 65.3 Å². The van der Waals surface area contributed by atoms with Crippen LogP contribution in [0.2, 0.25) is 0 Å². The molecule has 156 valence electrons. The van der Waals surface area contributed by atoms with E-state index in [-0.39, 0.29) is 12.4 Å². The summed E-state index contributed by atoms with van der Waals surface area (Å²) < 4.78 is 13.8. The van der Waals surface area contributed by atoms with Gasteiger partial charge in [-0.25, -0.2) is 13.4 Å². The van der Waals surface area contributed by atoms with Crippen molar-refractivity contribution in [1.82, 2.24) is 8.61 Å². The fourth-order valence-electron chi connectivity index (χ4n) is 1.83. The predicted octanol–water partition coefficient (Wildman–Crippen LogP) is 3.65. The molecule has 0 fully saturated rings. The maximum Gasteiger partial charge on any atom is 0.446 e. The summed E-state index contributed by atoms with van der Waals surface area (Å²) in [4.78, 5) is 28.6. The van der Waals surface area contributed by atoms with Crippen LogP contribution in [0.5, 0.6) is 5.75 Å². The Morgan fingerprint density at radius 1 is 1.18 bits per heavy atom. The minimum Gasteiger partial charge on any atom is -0.492 e. The summed E-state index contributed by atoms with van der Waals surface area (Å²) in [6, 6.07) is 9.43. The zero-order chi connectivity index (χ0) is 20.8. The van der Waals surface area contributed by atoms with E-state index in [9.17, 15) is 9.59 Å². The summed E-state index contributed by atoms with van der Waals surface area (Å²) in [5.74, 6) is 0.468. The molecule has 0 saturated heterocycles. The largest absolute Gasteiger partial charge is 0.492 e. The number of hydrogen-bond acceptors (Lipinski definition) is 9. The number of carbonyl (C=O) groups excluding carboxylic acids is 2. The second-order valence-corrected chi connectivity index (χ2v) is 7.62. The molecule has 0 radical (unpaired) electrons. The molecule has 0 aliphatic rings. The van der Waals surface area contributed by atoms with E-state index in [1.807, 2.05) is 40.9 Å². The topological polar surface area (TPSA) is 80.7 Å². The van der Waals surface area contributed by atoms with Gasteiger partial charge < -0.3 is 9.47 Å². The van der Waals surface area contributed by atoms with Crippen LogP contribution in [0.1, 0.15) is 20.3 Å². The van der Waals surface area contributed by atoms with Crippen LogP contribution in [0.3, 0.4) is 0 Å². The van der Waals surface area contributed by atoms with Crippen molar-refractivity contribution in [3.05, 3.63) is 30.3 Å². The number of nitrogens with zero attached hydrogens (tertiary/aromatic N) is 3. The highest BCUT2D eigenvalue weighted by Crippen LogP contribution is 2.17. The molecular weight excluding hydrogens is 402 g/mol. The maximum absolute atomic E-state index is 12.1. The summed E-state index contributed by atoms with van der Waals surface area (Å²) in [7, 11) is 1.58. The van der Waals surface area contributed by atoms with Gasteiger partial charge in [-0.05, 0) is 32.2 Å². The molecule has 0 saturated carbocycles. The van der Waals surface area contributed by atoms with Gasteiger partial charge in [0.25, 0.3) is 0 Å². The monoisotopic (exact) mass is 429 g/mol. The number of hydrogen-bond donors (Lipinski definition) is 0. The number of ether oxygens (including phenoxy) is 2. The van der Waals surface area contributed by atoms with Gasteiger partial charge in [-0.15, -0.1) is 11.8 Å². The van der Waals surface area contributed by atoms with Gasteiger partial charge >= 0.3 is 12.1 Å². The van der Waals surface area contributed by atoms with Gasteiger partial charge in [-0.2, -0.15) is 0 Å². The smallest absolute Gasteiger partial charge is 0.446 e. The zero-order valence-electron chi connectivity index (χ0n) is 16.6. The molecule has 8 nitrogen and oxygen atoms in total. The lowest BCUT2D eigenvalue weighted by molar-refractivity contribution is -0.143. The Balaban J connectivity index is 2.57. The molecule has 0 spiro atoms. The third-order valence-electron chi connectivity index (χ3n) is 3.27. The molecule has 10 heteroatoms. The van der Waals surface area contributed by atoms with Crippen LogP contribution in [-0.2, 0) is 14.4 Å². The highest BCUT2D eigenvalue weighted by atomic mass is 32.2. The number of para-hydroxylation sites is 1. The highest BCUT2D eigenvalue weighted by Gasteiger charge is 2.18. The van der Waals surface area contributed by atoms with E-state index in [2.05, 4.69) is 5.16 Å². The molecule has 0 atom stereocenters. The molecule has 1 aromatic carbocycles. The Labute approximate surface area is 174 Å². The maximum atomic E-state index is 12.1. The van der Waals surface area contributed by atoms with Crippen molar-refractivity contribution in [1.29, 1.82) is 0 Å². The first kappa shape index (κ1) is 24.1. The van der Waals surface area contributed by atoms with Gasteiger partial charge in [0, 0.05) is 32.3 Å². The molecule has 0 bridgehead atoms. The van der Waals surface area contributed by atoms with Gasteiger partial charge in [0.1, 0.15) is 17.4 Å². The van der Waals surface area contributed by atoms with E-state index in [0.717, 1.165) is 17.9 Å². The van der Waals surface area contributed by atoms with Crippen LogP contribution in [0.4, 0.5) is 4.79 Å². The Kier molecular flexibility index (Phi) is 12.2. The number of thioether (sulfide) groups is 1. The minimum atomic E-state index is -0.608. The lowest BCUT2D eigenvalue weighted by Gasteiger charge is -2.24. The van der Waals surface area contributed by atoms with E-state index in [1.54, 1.807) is 20.9 Å². The number of esters is 1. The molecule has 0 heterocycles. The van der Waals surface area contributed by atoms with Gasteiger partial charge in [0.05, 0.1) is 13.0 Å². The normalized spacial score (nSPS) is 11.2. The average molecular weight is 430 g/mol. The van der Waals surface area contributed by atoms with Crippen LogP contribution in [0.15, 0.2) is 35.5 Å². The zero-order valence-corrected chi connectivity index (χ0v) is 18.3. The van der Waals surface area contributed by atoms with E-state index >= 15 is 0 Å². The first-order chi connectivity index (χ1) is 13.5. The van der Waals surface area contributed by atoms with Gasteiger partial charge in [-0.1, -0.05) is 23.4 Å². The summed E-state index contributed by atoms with van der Waals surface area (Å²) in [5.41, 5.74) is 0. The fraction of sp³-hybridized carbons (Fsp3) is 0.500. The van der Waals surface area contributed by atoms with Crippen molar-refractivity contribution >= 4 is 41.0 Å². The summed E-state index contributed by atoms with van der Waals surface area (Å²) in [6.45, 7) is 5.13. The highest BCUT2D eigenvalue weighted by molar-refractivity contribution is 8.13. The number of amides is 1. The number of benzene rings is 1. The van der Waals surface area contributed by atoms with Gasteiger partial charge in [0.2, 0.25) is 0 Å². The standard InChI is InChI=1S/C18H27N3O5S2/c1-5-24-17(22)11-12-21(13-14-25-16-9-7-6-8-10-16)28-20(3)18(23)26-19-15(2)27-4/h6-10H,5,11-14H2,1-4H3. The van der Waals surface area contributed by atoms with Crippen molar-refractivity contribution in [2.24, 2.45) is 5.16 Å². The van der Waals surface area contributed by atoms with Crippen molar-refractivity contribution in [2.75, 3.05) is 39.6 Å². The molecule has 0 aliphatic heterocycles. The minimum absolute atomic E-state index is 0.207. The van der Waals surface area contributed by atoms with E-state index in [0.29, 0.717) is 31.3 Å². The van der Waals surface area contributed by atoms with Crippen LogP contribution < -0.4 is 4.74 Å². The first-order valence-electron chi connectivity index (χ1n) is 8.76. The summed E-state index contributed by atoms with van der Waals surface area (Å²) in [5, 5.41) is 4.37. The Hall–Kier alpha value is -1.91. The Morgan fingerprint density at radius 2 is 1.89 bits per heavy atom. The first-order valence-corrected chi connectivity index (χ1v) is 10.7. The molecule has 0 N–H and O–H groups in total. The number of oxime groups is 1. The molecule has 0 aromatic heterocycles. The third kappa shape index (κ3) is 10.4. The fourth-order valence-corrected chi connectivity index (χ4v) is 2.72. The van der Waals surface area contributed by atoms with E-state index in [4.69, 9.17) is 14.3 Å². The number of carbonyl (C=O) groups is 2. The molecule has 0 aliphatic carbocycles. The molecule has 1 aromatic rings. The lowest BCUT2D eigenvalue weighted by Crippen LogP contribution is -2.31. The van der Waals surface area contributed by atoms with Crippen molar-refractivity contribution in [2.45, 2.75) is 20.3 Å². The second kappa shape index (κ2) is 14.1. The summed E-state index contributed by atoms with van der Waals surface area (Å²) >= 11 is 2.52. The molecule has 28 heavy (non-hydrogen) atoms. The third-order valence-corrected chi connectivity index (χ3v) is 4.92. The Morgan fingerprint density at radius 3 is 2.54 bits per heavy atom. The molecule has 1 rings (SSSR count). The molecular formula is C18H27N3O5S2. The van der Waals surface area contributed by atoms with Gasteiger partial charge in [0.15, 0.2) is 0 Å². The van der Waals surface area contributed by atoms with Crippen LogP contribution in [0, 0.1) is 0 Å². The van der Waals surface area contributed by atoms with Crippen molar-refractivity contribution < 1.29 is 23.9 Å². The molecule has 1 amide bonds. The second-order valence-electron chi connectivity index (χ2n) is 5.40. The predicted molar refractivity (Wildman–Crippen MR) is 113 cm³/mol. The molecule has 0 unspecified atom stereocenters. The lowest BCUT2D eigenvalue weighted by atomic mass is 10.3.